The first-order valence-corrected chi connectivity index (χ1v) is 24.3. The van der Waals surface area contributed by atoms with Crippen molar-refractivity contribution in [3.8, 4) is 33.4 Å². The summed E-state index contributed by atoms with van der Waals surface area (Å²) in [6, 6.07) is 99.4. The van der Waals surface area contributed by atoms with Crippen molar-refractivity contribution in [3.63, 3.8) is 0 Å². The zero-order valence-electron chi connectivity index (χ0n) is 38.3. The largest absolute Gasteiger partial charge is 0.334 e. The number of rotatable bonds is 8. The normalized spacial score (nSPS) is 15.7. The SMILES string of the molecule is C1=CC(N(c2ccc(-c3ccccc3)cc2)c2ccccc2C2(c3ccccc3)c3ccccc3-c3ccccc3-c3ccccc32)CC2=C1C(c1ccccc1)(c1ccccc1)c1ccccc12. The highest BCUT2D eigenvalue weighted by Gasteiger charge is 2.49. The van der Waals surface area contributed by atoms with Gasteiger partial charge in [-0.3, -0.25) is 0 Å². The second-order valence-corrected chi connectivity index (χ2v) is 18.6. The minimum Gasteiger partial charge on any atom is -0.334 e. The molecule has 10 aromatic carbocycles. The Kier molecular flexibility index (Phi) is 9.84. The molecule has 0 amide bonds. The molecule has 69 heavy (non-hydrogen) atoms. The molecule has 3 aliphatic rings. The van der Waals surface area contributed by atoms with Gasteiger partial charge in [0.15, 0.2) is 0 Å². The average molecular weight is 880 g/mol. The first-order valence-electron chi connectivity index (χ1n) is 24.3. The van der Waals surface area contributed by atoms with Crippen LogP contribution in [-0.2, 0) is 10.8 Å². The first-order chi connectivity index (χ1) is 34.3. The van der Waals surface area contributed by atoms with Crippen LogP contribution in [0.5, 0.6) is 0 Å². The summed E-state index contributed by atoms with van der Waals surface area (Å²) in [5.41, 5.74) is 21.5. The third-order valence-electron chi connectivity index (χ3n) is 15.2. The summed E-state index contributed by atoms with van der Waals surface area (Å²) in [7, 11) is 0. The van der Waals surface area contributed by atoms with E-state index in [1.54, 1.807) is 0 Å². The van der Waals surface area contributed by atoms with Crippen molar-refractivity contribution in [2.24, 2.45) is 0 Å². The van der Waals surface area contributed by atoms with Gasteiger partial charge in [-0.15, -0.1) is 0 Å². The van der Waals surface area contributed by atoms with E-state index in [2.05, 4.69) is 284 Å². The van der Waals surface area contributed by atoms with Gasteiger partial charge in [-0.25, -0.2) is 0 Å². The average Bonchev–Trinajstić information content (AvgIpc) is 3.67. The van der Waals surface area contributed by atoms with Crippen molar-refractivity contribution >= 4 is 16.9 Å². The monoisotopic (exact) mass is 879 g/mol. The number of para-hydroxylation sites is 1. The minimum atomic E-state index is -0.717. The highest BCUT2D eigenvalue weighted by atomic mass is 15.2. The van der Waals surface area contributed by atoms with Crippen LogP contribution in [-0.4, -0.2) is 6.04 Å². The summed E-state index contributed by atoms with van der Waals surface area (Å²) in [6.07, 6.45) is 5.81. The fraction of sp³-hybridized carbons (Fsp3) is 0.0588. The van der Waals surface area contributed by atoms with E-state index in [0.29, 0.717) is 0 Å². The molecule has 0 N–H and O–H groups in total. The molecule has 3 aliphatic carbocycles. The molecule has 0 aromatic heterocycles. The Balaban J connectivity index is 1.08. The molecule has 1 heteroatoms. The lowest BCUT2D eigenvalue weighted by Crippen LogP contribution is -2.37. The summed E-state index contributed by atoms with van der Waals surface area (Å²) in [5, 5.41) is 0. The molecule has 326 valence electrons. The number of nitrogens with zero attached hydrogens (tertiary/aromatic N) is 1. The van der Waals surface area contributed by atoms with Crippen LogP contribution in [0.1, 0.15) is 50.9 Å². The van der Waals surface area contributed by atoms with Gasteiger partial charge in [-0.05, 0) is 114 Å². The minimum absolute atomic E-state index is 0.0378. The molecule has 0 fully saturated rings. The van der Waals surface area contributed by atoms with Crippen LogP contribution >= 0.6 is 0 Å². The molecule has 13 rings (SSSR count). The number of anilines is 2. The quantitative estimate of drug-likeness (QED) is 0.147. The van der Waals surface area contributed by atoms with E-state index in [4.69, 9.17) is 0 Å². The highest BCUT2D eigenvalue weighted by molar-refractivity contribution is 5.94. The molecule has 0 spiro atoms. The molecule has 1 unspecified atom stereocenters. The summed E-state index contributed by atoms with van der Waals surface area (Å²) < 4.78 is 0. The molecule has 0 bridgehead atoms. The molecular formula is C68H49N. The smallest absolute Gasteiger partial charge is 0.0733 e. The first kappa shape index (κ1) is 40.7. The lowest BCUT2D eigenvalue weighted by atomic mass is 9.63. The van der Waals surface area contributed by atoms with Crippen LogP contribution in [0.15, 0.2) is 285 Å². The van der Waals surface area contributed by atoms with E-state index < -0.39 is 10.8 Å². The van der Waals surface area contributed by atoms with Gasteiger partial charge in [0.25, 0.3) is 0 Å². The fourth-order valence-corrected chi connectivity index (χ4v) is 12.4. The van der Waals surface area contributed by atoms with Crippen LogP contribution < -0.4 is 4.90 Å². The lowest BCUT2D eigenvalue weighted by Gasteiger charge is -2.43. The molecule has 0 aliphatic heterocycles. The Morgan fingerprint density at radius 1 is 0.319 bits per heavy atom. The Labute approximate surface area is 405 Å². The standard InChI is InChI=1S/C68H49N/c1-5-23-48(24-6-1)49-41-43-53(44-42-49)69(54-45-46-64-60(47-54)59-35-17-18-36-61(59)67(64,50-25-7-2-8-26-50)51-27-9-3-10-28-51)66-40-22-21-39-65(66)68(52-29-11-4-12-30-52)62-37-19-15-33-57(62)55-31-13-14-32-56(55)58-34-16-20-38-63(58)68/h1-46,54H,47H2. The van der Waals surface area contributed by atoms with Gasteiger partial charge in [0.1, 0.15) is 0 Å². The van der Waals surface area contributed by atoms with Crippen LogP contribution in [0.2, 0.25) is 0 Å². The van der Waals surface area contributed by atoms with Gasteiger partial charge in [-0.2, -0.15) is 0 Å². The van der Waals surface area contributed by atoms with E-state index in [1.165, 1.54) is 94.7 Å². The van der Waals surface area contributed by atoms with Crippen molar-refractivity contribution in [1.82, 2.24) is 0 Å². The predicted octanol–water partition coefficient (Wildman–Crippen LogP) is 16.7. The van der Waals surface area contributed by atoms with Gasteiger partial charge in [0.05, 0.1) is 16.9 Å². The van der Waals surface area contributed by atoms with Crippen molar-refractivity contribution in [3.05, 3.63) is 329 Å². The van der Waals surface area contributed by atoms with E-state index in [9.17, 15) is 0 Å². The van der Waals surface area contributed by atoms with Crippen molar-refractivity contribution in [2.45, 2.75) is 23.3 Å². The molecule has 1 nitrogen and oxygen atoms in total. The maximum Gasteiger partial charge on any atom is 0.0733 e. The van der Waals surface area contributed by atoms with Crippen molar-refractivity contribution < 1.29 is 0 Å². The second kappa shape index (κ2) is 16.7. The van der Waals surface area contributed by atoms with Gasteiger partial charge in [0.2, 0.25) is 0 Å². The van der Waals surface area contributed by atoms with E-state index in [-0.39, 0.29) is 6.04 Å². The van der Waals surface area contributed by atoms with Gasteiger partial charge >= 0.3 is 0 Å². The number of hydrogen-bond acceptors (Lipinski definition) is 1. The van der Waals surface area contributed by atoms with Crippen molar-refractivity contribution in [1.29, 1.82) is 0 Å². The Morgan fingerprint density at radius 3 is 1.25 bits per heavy atom. The van der Waals surface area contributed by atoms with Crippen molar-refractivity contribution in [2.75, 3.05) is 4.90 Å². The topological polar surface area (TPSA) is 3.24 Å². The van der Waals surface area contributed by atoms with Crippen LogP contribution in [0.3, 0.4) is 0 Å². The maximum atomic E-state index is 2.66. The molecule has 0 radical (unpaired) electrons. The Bertz CT molecular complexity index is 3460. The number of hydrogen-bond donors (Lipinski definition) is 0. The predicted molar refractivity (Wildman–Crippen MR) is 287 cm³/mol. The molecule has 10 aromatic rings. The molecular weight excluding hydrogens is 831 g/mol. The lowest BCUT2D eigenvalue weighted by molar-refractivity contribution is 0.722. The van der Waals surface area contributed by atoms with E-state index >= 15 is 0 Å². The molecule has 0 heterocycles. The number of allylic oxidation sites excluding steroid dienone is 2. The molecule has 0 saturated carbocycles. The molecule has 1 atom stereocenters. The maximum absolute atomic E-state index is 2.66. The van der Waals surface area contributed by atoms with Crippen LogP contribution in [0.4, 0.5) is 11.4 Å². The third-order valence-corrected chi connectivity index (χ3v) is 15.2. The van der Waals surface area contributed by atoms with Gasteiger partial charge < -0.3 is 4.90 Å². The number of fused-ring (bicyclic) bond motifs is 7. The van der Waals surface area contributed by atoms with Gasteiger partial charge in [0, 0.05) is 11.4 Å². The van der Waals surface area contributed by atoms with E-state index in [1.807, 2.05) is 0 Å². The van der Waals surface area contributed by atoms with Crippen LogP contribution in [0.25, 0.3) is 39.0 Å². The fourth-order valence-electron chi connectivity index (χ4n) is 12.4. The number of benzene rings is 10. The zero-order valence-corrected chi connectivity index (χ0v) is 38.3. The second-order valence-electron chi connectivity index (χ2n) is 18.6. The van der Waals surface area contributed by atoms with Gasteiger partial charge in [-0.1, -0.05) is 261 Å². The highest BCUT2D eigenvalue weighted by Crippen LogP contribution is 2.60. The zero-order chi connectivity index (χ0) is 45.8. The summed E-state index contributed by atoms with van der Waals surface area (Å²) >= 11 is 0. The third kappa shape index (κ3) is 6.24. The summed E-state index contributed by atoms with van der Waals surface area (Å²) in [6.45, 7) is 0. The Hall–Kier alpha value is -8.52. The summed E-state index contributed by atoms with van der Waals surface area (Å²) in [4.78, 5) is 2.66. The summed E-state index contributed by atoms with van der Waals surface area (Å²) in [5.74, 6) is 0. The van der Waals surface area contributed by atoms with E-state index in [0.717, 1.165) is 12.1 Å². The van der Waals surface area contributed by atoms with Crippen LogP contribution in [0, 0.1) is 0 Å². The molecule has 0 saturated heterocycles. The Morgan fingerprint density at radius 2 is 0.710 bits per heavy atom.